The number of para-hydroxylation sites is 2. The second kappa shape index (κ2) is 15.1. The van der Waals surface area contributed by atoms with Crippen LogP contribution in [-0.4, -0.2) is 34.9 Å². The monoisotopic (exact) mass is 538 g/mol. The molecular formula is C34H42N4O2. The fourth-order valence-corrected chi connectivity index (χ4v) is 5.22. The SMILES string of the molecule is CCCCCCCNC(=O)c1c(-c2cnc3ccccc3c2C(=O)NCCCCCCC)cnc2ccccc12. The zero-order valence-corrected chi connectivity index (χ0v) is 24.0. The highest BCUT2D eigenvalue weighted by atomic mass is 16.2. The van der Waals surface area contributed by atoms with Crippen molar-refractivity contribution in [1.82, 2.24) is 20.6 Å². The number of carbonyl (C=O) groups excluding carboxylic acids is 2. The first kappa shape index (κ1) is 29.2. The predicted octanol–water partition coefficient (Wildman–Crippen LogP) is 7.85. The van der Waals surface area contributed by atoms with E-state index in [2.05, 4.69) is 34.4 Å². The van der Waals surface area contributed by atoms with E-state index in [1.54, 1.807) is 12.4 Å². The third kappa shape index (κ3) is 7.23. The maximum atomic E-state index is 13.7. The number of aromatic nitrogens is 2. The summed E-state index contributed by atoms with van der Waals surface area (Å²) in [5.74, 6) is -0.306. The summed E-state index contributed by atoms with van der Waals surface area (Å²) < 4.78 is 0. The van der Waals surface area contributed by atoms with Crippen molar-refractivity contribution in [2.24, 2.45) is 0 Å². The lowest BCUT2D eigenvalue weighted by molar-refractivity contribution is 0.0945. The van der Waals surface area contributed by atoms with E-state index in [4.69, 9.17) is 0 Å². The Hall–Kier alpha value is -3.80. The molecule has 210 valence electrons. The van der Waals surface area contributed by atoms with Gasteiger partial charge < -0.3 is 10.6 Å². The number of rotatable bonds is 15. The van der Waals surface area contributed by atoms with Crippen LogP contribution in [0.1, 0.15) is 98.8 Å². The van der Waals surface area contributed by atoms with E-state index in [1.165, 1.54) is 38.5 Å². The second-order valence-corrected chi connectivity index (χ2v) is 10.5. The Morgan fingerprint density at radius 3 is 1.40 bits per heavy atom. The average Bonchev–Trinajstić information content (AvgIpc) is 2.99. The third-order valence-corrected chi connectivity index (χ3v) is 7.43. The van der Waals surface area contributed by atoms with Crippen LogP contribution in [0.5, 0.6) is 0 Å². The van der Waals surface area contributed by atoms with Gasteiger partial charge in [-0.1, -0.05) is 102 Å². The fourth-order valence-electron chi connectivity index (χ4n) is 5.22. The number of pyridine rings is 2. The van der Waals surface area contributed by atoms with Crippen LogP contribution in [-0.2, 0) is 0 Å². The Balaban J connectivity index is 1.71. The molecule has 6 nitrogen and oxygen atoms in total. The quantitative estimate of drug-likeness (QED) is 0.151. The maximum Gasteiger partial charge on any atom is 0.252 e. The molecule has 0 aliphatic carbocycles. The number of benzene rings is 2. The van der Waals surface area contributed by atoms with Gasteiger partial charge in [-0.25, -0.2) is 0 Å². The van der Waals surface area contributed by atoms with Gasteiger partial charge in [-0.15, -0.1) is 0 Å². The number of hydrogen-bond acceptors (Lipinski definition) is 4. The molecule has 0 aliphatic heterocycles. The van der Waals surface area contributed by atoms with Crippen LogP contribution in [0.2, 0.25) is 0 Å². The number of nitrogens with one attached hydrogen (secondary N) is 2. The number of amides is 2. The van der Waals surface area contributed by atoms with Gasteiger partial charge in [0.05, 0.1) is 22.2 Å². The molecule has 0 saturated carbocycles. The van der Waals surface area contributed by atoms with E-state index < -0.39 is 0 Å². The van der Waals surface area contributed by atoms with E-state index in [0.717, 1.165) is 47.5 Å². The molecular weight excluding hydrogens is 496 g/mol. The van der Waals surface area contributed by atoms with Gasteiger partial charge in [-0.2, -0.15) is 0 Å². The molecule has 2 heterocycles. The minimum absolute atomic E-state index is 0.153. The molecule has 0 bridgehead atoms. The van der Waals surface area contributed by atoms with Gasteiger partial charge in [-0.3, -0.25) is 19.6 Å². The highest BCUT2D eigenvalue weighted by Crippen LogP contribution is 2.34. The lowest BCUT2D eigenvalue weighted by Gasteiger charge is -2.17. The smallest absolute Gasteiger partial charge is 0.252 e. The summed E-state index contributed by atoms with van der Waals surface area (Å²) in [5.41, 5.74) is 3.79. The van der Waals surface area contributed by atoms with Crippen molar-refractivity contribution in [3.8, 4) is 11.1 Å². The lowest BCUT2D eigenvalue weighted by atomic mass is 9.92. The Bertz CT molecular complexity index is 1320. The minimum atomic E-state index is -0.153. The Labute approximate surface area is 238 Å². The van der Waals surface area contributed by atoms with Crippen LogP contribution in [0.3, 0.4) is 0 Å². The van der Waals surface area contributed by atoms with Crippen molar-refractivity contribution in [2.45, 2.75) is 78.1 Å². The fraction of sp³-hybridized carbons (Fsp3) is 0.412. The number of unbranched alkanes of at least 4 members (excludes halogenated alkanes) is 8. The summed E-state index contributed by atoms with van der Waals surface area (Å²) in [6.45, 7) is 5.61. The Kier molecular flexibility index (Phi) is 11.0. The molecule has 6 heteroatoms. The van der Waals surface area contributed by atoms with Crippen LogP contribution in [0.15, 0.2) is 60.9 Å². The van der Waals surface area contributed by atoms with Gasteiger partial charge in [0.1, 0.15) is 0 Å². The second-order valence-electron chi connectivity index (χ2n) is 10.5. The number of fused-ring (bicyclic) bond motifs is 2. The van der Waals surface area contributed by atoms with Crippen LogP contribution >= 0.6 is 0 Å². The first-order valence-corrected chi connectivity index (χ1v) is 15.0. The van der Waals surface area contributed by atoms with E-state index in [9.17, 15) is 9.59 Å². The summed E-state index contributed by atoms with van der Waals surface area (Å²) >= 11 is 0. The van der Waals surface area contributed by atoms with Gasteiger partial charge in [0.2, 0.25) is 0 Å². The van der Waals surface area contributed by atoms with Crippen molar-refractivity contribution in [1.29, 1.82) is 0 Å². The van der Waals surface area contributed by atoms with E-state index in [0.29, 0.717) is 35.3 Å². The molecule has 0 unspecified atom stereocenters. The summed E-state index contributed by atoms with van der Waals surface area (Å²) in [5, 5.41) is 7.80. The molecule has 2 N–H and O–H groups in total. The normalized spacial score (nSPS) is 11.2. The minimum Gasteiger partial charge on any atom is -0.352 e. The van der Waals surface area contributed by atoms with Crippen LogP contribution in [0.4, 0.5) is 0 Å². The van der Waals surface area contributed by atoms with Crippen molar-refractivity contribution in [2.75, 3.05) is 13.1 Å². The Morgan fingerprint density at radius 2 is 0.975 bits per heavy atom. The summed E-state index contributed by atoms with van der Waals surface area (Å²) in [6.07, 6.45) is 14.6. The predicted molar refractivity (Wildman–Crippen MR) is 165 cm³/mol. The third-order valence-electron chi connectivity index (χ3n) is 7.43. The summed E-state index contributed by atoms with van der Waals surface area (Å²) in [7, 11) is 0. The highest BCUT2D eigenvalue weighted by molar-refractivity contribution is 6.16. The molecule has 2 amide bonds. The molecule has 0 spiro atoms. The van der Waals surface area contributed by atoms with E-state index >= 15 is 0 Å². The van der Waals surface area contributed by atoms with Gasteiger partial charge >= 0.3 is 0 Å². The standard InChI is InChI=1S/C34H42N4O2/c1-3-5-7-9-15-21-35-33(39)31-25-17-11-13-19-29(25)37-23-27(31)28-24-38-30-20-14-12-18-26(30)32(28)34(40)36-22-16-10-8-6-4-2/h11-14,17-20,23-24H,3-10,15-16,21-22H2,1-2H3,(H,35,39)(H,36,40). The first-order chi connectivity index (χ1) is 19.7. The molecule has 0 fully saturated rings. The highest BCUT2D eigenvalue weighted by Gasteiger charge is 2.23. The molecule has 4 aromatic rings. The van der Waals surface area contributed by atoms with E-state index in [-0.39, 0.29) is 11.8 Å². The van der Waals surface area contributed by atoms with Gasteiger partial charge in [0.25, 0.3) is 11.8 Å². The Morgan fingerprint density at radius 1 is 0.575 bits per heavy atom. The summed E-state index contributed by atoms with van der Waals surface area (Å²) in [6, 6.07) is 15.3. The maximum absolute atomic E-state index is 13.7. The summed E-state index contributed by atoms with van der Waals surface area (Å²) in [4.78, 5) is 36.8. The van der Waals surface area contributed by atoms with Crippen molar-refractivity contribution in [3.63, 3.8) is 0 Å². The van der Waals surface area contributed by atoms with Crippen molar-refractivity contribution >= 4 is 33.6 Å². The number of nitrogens with zero attached hydrogens (tertiary/aromatic N) is 2. The number of hydrogen-bond donors (Lipinski definition) is 2. The van der Waals surface area contributed by atoms with Gasteiger partial charge in [-0.05, 0) is 25.0 Å². The van der Waals surface area contributed by atoms with Gasteiger partial charge in [0.15, 0.2) is 0 Å². The van der Waals surface area contributed by atoms with Crippen LogP contribution < -0.4 is 10.6 Å². The molecule has 2 aromatic heterocycles. The zero-order chi connectivity index (χ0) is 28.2. The van der Waals surface area contributed by atoms with Crippen LogP contribution in [0.25, 0.3) is 32.9 Å². The topological polar surface area (TPSA) is 84.0 Å². The van der Waals surface area contributed by atoms with Crippen LogP contribution in [0, 0.1) is 0 Å². The molecule has 4 rings (SSSR count). The average molecular weight is 539 g/mol. The molecule has 0 atom stereocenters. The molecule has 0 saturated heterocycles. The molecule has 40 heavy (non-hydrogen) atoms. The van der Waals surface area contributed by atoms with E-state index in [1.807, 2.05) is 48.5 Å². The molecule has 2 aromatic carbocycles. The van der Waals surface area contributed by atoms with Crippen molar-refractivity contribution < 1.29 is 9.59 Å². The zero-order valence-electron chi connectivity index (χ0n) is 24.0. The first-order valence-electron chi connectivity index (χ1n) is 15.0. The largest absolute Gasteiger partial charge is 0.352 e. The van der Waals surface area contributed by atoms with Gasteiger partial charge in [0, 0.05) is 47.4 Å². The van der Waals surface area contributed by atoms with Crippen molar-refractivity contribution in [3.05, 3.63) is 72.1 Å². The molecule has 0 aliphatic rings. The lowest BCUT2D eigenvalue weighted by Crippen LogP contribution is -2.27. The number of carbonyl (C=O) groups is 2. The molecule has 0 radical (unpaired) electrons.